The van der Waals surface area contributed by atoms with Gasteiger partial charge in [-0.15, -0.1) is 0 Å². The van der Waals surface area contributed by atoms with E-state index < -0.39 is 0 Å². The number of anilines is 1. The Morgan fingerprint density at radius 1 is 1.48 bits per heavy atom. The number of nitrogens with two attached hydrogens (primary N) is 1. The number of aromatic nitrogens is 4. The highest BCUT2D eigenvalue weighted by atomic mass is 16.5. The fourth-order valence-electron chi connectivity index (χ4n) is 3.37. The van der Waals surface area contributed by atoms with Crippen molar-refractivity contribution in [2.45, 2.75) is 64.7 Å². The molecule has 150 valence electrons. The lowest BCUT2D eigenvalue weighted by Crippen LogP contribution is -2.28. The molecule has 2 aromatic rings. The molecule has 0 amide bonds. The highest BCUT2D eigenvalue weighted by Gasteiger charge is 2.16. The van der Waals surface area contributed by atoms with Gasteiger partial charge < -0.3 is 25.5 Å². The van der Waals surface area contributed by atoms with Crippen LogP contribution in [-0.2, 0) is 11.3 Å². The van der Waals surface area contributed by atoms with E-state index in [4.69, 9.17) is 15.2 Å². The minimum atomic E-state index is -0.233. The maximum atomic E-state index is 12.3. The van der Waals surface area contributed by atoms with Gasteiger partial charge in [0, 0.05) is 19.7 Å². The van der Waals surface area contributed by atoms with Crippen molar-refractivity contribution in [3.63, 3.8) is 0 Å². The Kier molecular flexibility index (Phi) is 6.68. The van der Waals surface area contributed by atoms with E-state index in [1.54, 1.807) is 4.57 Å². The van der Waals surface area contributed by atoms with Gasteiger partial charge in [-0.25, -0.2) is 4.79 Å². The van der Waals surface area contributed by atoms with E-state index in [2.05, 4.69) is 27.2 Å². The Bertz CT molecular complexity index is 796. The molecule has 0 saturated carbocycles. The normalized spacial score (nSPS) is 18.2. The van der Waals surface area contributed by atoms with Crippen LogP contribution in [0.5, 0.6) is 6.01 Å². The Morgan fingerprint density at radius 2 is 2.33 bits per heavy atom. The molecule has 9 heteroatoms. The minimum Gasteiger partial charge on any atom is -0.460 e. The molecule has 9 nitrogen and oxygen atoms in total. The fraction of sp³-hybridized carbons (Fsp3) is 0.722. The lowest BCUT2D eigenvalue weighted by Gasteiger charge is -2.13. The topological polar surface area (TPSA) is 120 Å². The van der Waals surface area contributed by atoms with Crippen LogP contribution < -0.4 is 21.5 Å². The van der Waals surface area contributed by atoms with Crippen molar-refractivity contribution in [1.82, 2.24) is 24.8 Å². The van der Waals surface area contributed by atoms with Crippen LogP contribution in [0.1, 0.15) is 46.0 Å². The number of H-pyrrole nitrogens is 1. The van der Waals surface area contributed by atoms with Crippen molar-refractivity contribution in [1.29, 1.82) is 0 Å². The molecule has 1 aliphatic rings. The van der Waals surface area contributed by atoms with Gasteiger partial charge in [-0.05, 0) is 39.2 Å². The Balaban J connectivity index is 1.63. The molecule has 2 atom stereocenters. The number of fused-ring (bicyclic) bond motifs is 1. The first kappa shape index (κ1) is 19.6. The van der Waals surface area contributed by atoms with Crippen molar-refractivity contribution < 1.29 is 9.47 Å². The highest BCUT2D eigenvalue weighted by Crippen LogP contribution is 2.19. The van der Waals surface area contributed by atoms with Crippen LogP contribution >= 0.6 is 0 Å². The van der Waals surface area contributed by atoms with Crippen molar-refractivity contribution in [2.24, 2.45) is 0 Å². The van der Waals surface area contributed by atoms with E-state index >= 15 is 0 Å². The summed E-state index contributed by atoms with van der Waals surface area (Å²) in [5.41, 5.74) is 6.71. The number of hydrogen-bond donors (Lipinski definition) is 3. The third-order valence-corrected chi connectivity index (χ3v) is 4.76. The SMILES string of the molecule is CCCC(C)Oc1nc(N)c2[nH]c(=O)n(CCCNCC3CCCO3)c2n1. The predicted octanol–water partition coefficient (Wildman–Crippen LogP) is 1.43. The number of nitrogens with zero attached hydrogens (tertiary/aromatic N) is 3. The summed E-state index contributed by atoms with van der Waals surface area (Å²) in [6, 6.07) is 0.213. The fourth-order valence-corrected chi connectivity index (χ4v) is 3.37. The van der Waals surface area contributed by atoms with Gasteiger partial charge in [0.1, 0.15) is 5.52 Å². The quantitative estimate of drug-likeness (QED) is 0.535. The summed E-state index contributed by atoms with van der Waals surface area (Å²) >= 11 is 0. The average molecular weight is 378 g/mol. The molecule has 0 aliphatic carbocycles. The third-order valence-electron chi connectivity index (χ3n) is 4.76. The number of ether oxygens (including phenoxy) is 2. The van der Waals surface area contributed by atoms with Gasteiger partial charge in [-0.2, -0.15) is 9.97 Å². The van der Waals surface area contributed by atoms with Gasteiger partial charge in [-0.3, -0.25) is 4.57 Å². The zero-order chi connectivity index (χ0) is 19.2. The summed E-state index contributed by atoms with van der Waals surface area (Å²) in [7, 11) is 0. The maximum Gasteiger partial charge on any atom is 0.327 e. The van der Waals surface area contributed by atoms with Crippen molar-refractivity contribution in [3.05, 3.63) is 10.5 Å². The first-order chi connectivity index (χ1) is 13.1. The summed E-state index contributed by atoms with van der Waals surface area (Å²) in [5.74, 6) is 0.228. The molecule has 3 rings (SSSR count). The van der Waals surface area contributed by atoms with E-state index in [-0.39, 0.29) is 23.6 Å². The smallest absolute Gasteiger partial charge is 0.327 e. The van der Waals surface area contributed by atoms with Crippen LogP contribution in [0, 0.1) is 0 Å². The number of nitrogen functional groups attached to an aromatic ring is 1. The van der Waals surface area contributed by atoms with E-state index in [0.29, 0.717) is 23.8 Å². The standard InChI is InChI=1S/C18H30N6O3/c1-3-6-12(2)27-17-22-15(19)14-16(23-17)24(18(25)21-14)9-5-8-20-11-13-7-4-10-26-13/h12-13,20H,3-11H2,1-2H3,(H,21,25)(H2,19,22,23). The molecule has 4 N–H and O–H groups in total. The number of rotatable bonds is 10. The summed E-state index contributed by atoms with van der Waals surface area (Å²) in [6.45, 7) is 7.12. The average Bonchev–Trinajstić information content (AvgIpc) is 3.24. The first-order valence-corrected chi connectivity index (χ1v) is 9.83. The molecule has 0 spiro atoms. The summed E-state index contributed by atoms with van der Waals surface area (Å²) in [4.78, 5) is 23.6. The second kappa shape index (κ2) is 9.18. The molecule has 0 aromatic carbocycles. The molecule has 1 saturated heterocycles. The number of imidazole rings is 1. The molecule has 27 heavy (non-hydrogen) atoms. The van der Waals surface area contributed by atoms with Crippen LogP contribution in [0.3, 0.4) is 0 Å². The molecular weight excluding hydrogens is 348 g/mol. The zero-order valence-corrected chi connectivity index (χ0v) is 16.2. The number of nitrogens with one attached hydrogen (secondary N) is 2. The number of aryl methyl sites for hydroxylation is 1. The van der Waals surface area contributed by atoms with E-state index in [1.807, 2.05) is 6.92 Å². The van der Waals surface area contributed by atoms with E-state index in [0.717, 1.165) is 51.8 Å². The number of aromatic amines is 1. The van der Waals surface area contributed by atoms with Crippen LogP contribution in [0.15, 0.2) is 4.79 Å². The first-order valence-electron chi connectivity index (χ1n) is 9.83. The molecular formula is C18H30N6O3. The van der Waals surface area contributed by atoms with Gasteiger partial charge in [0.2, 0.25) is 0 Å². The van der Waals surface area contributed by atoms with Gasteiger partial charge in [0.25, 0.3) is 0 Å². The second-order valence-electron chi connectivity index (χ2n) is 7.08. The largest absolute Gasteiger partial charge is 0.460 e. The minimum absolute atomic E-state index is 0.00651. The van der Waals surface area contributed by atoms with Crippen LogP contribution in [0.2, 0.25) is 0 Å². The lowest BCUT2D eigenvalue weighted by molar-refractivity contribution is 0.110. The highest BCUT2D eigenvalue weighted by molar-refractivity contribution is 5.81. The van der Waals surface area contributed by atoms with Gasteiger partial charge >= 0.3 is 11.7 Å². The third kappa shape index (κ3) is 4.98. The molecule has 2 aromatic heterocycles. The van der Waals surface area contributed by atoms with Gasteiger partial charge in [-0.1, -0.05) is 13.3 Å². The molecule has 2 unspecified atom stereocenters. The molecule has 1 aliphatic heterocycles. The molecule has 3 heterocycles. The van der Waals surface area contributed by atoms with Crippen LogP contribution in [-0.4, -0.2) is 51.4 Å². The monoisotopic (exact) mass is 378 g/mol. The summed E-state index contributed by atoms with van der Waals surface area (Å²) in [5, 5.41) is 3.39. The zero-order valence-electron chi connectivity index (χ0n) is 16.2. The van der Waals surface area contributed by atoms with E-state index in [9.17, 15) is 4.79 Å². The second-order valence-corrected chi connectivity index (χ2v) is 7.08. The van der Waals surface area contributed by atoms with Crippen molar-refractivity contribution in [3.8, 4) is 6.01 Å². The van der Waals surface area contributed by atoms with Crippen molar-refractivity contribution >= 4 is 17.0 Å². The van der Waals surface area contributed by atoms with Gasteiger partial charge in [0.15, 0.2) is 11.5 Å². The van der Waals surface area contributed by atoms with E-state index in [1.165, 1.54) is 0 Å². The summed E-state index contributed by atoms with van der Waals surface area (Å²) in [6.07, 6.45) is 5.27. The van der Waals surface area contributed by atoms with Crippen molar-refractivity contribution in [2.75, 3.05) is 25.4 Å². The van der Waals surface area contributed by atoms with Crippen LogP contribution in [0.4, 0.5) is 5.82 Å². The Labute approximate surface area is 158 Å². The molecule has 1 fully saturated rings. The van der Waals surface area contributed by atoms with Gasteiger partial charge in [0.05, 0.1) is 12.2 Å². The van der Waals surface area contributed by atoms with Crippen LogP contribution in [0.25, 0.3) is 11.2 Å². The Morgan fingerprint density at radius 3 is 3.07 bits per heavy atom. The molecule has 0 bridgehead atoms. The molecule has 0 radical (unpaired) electrons. The summed E-state index contributed by atoms with van der Waals surface area (Å²) < 4.78 is 12.9. The predicted molar refractivity (Wildman–Crippen MR) is 104 cm³/mol. The Hall–Kier alpha value is -2.13. The number of hydrogen-bond acceptors (Lipinski definition) is 7. The maximum absolute atomic E-state index is 12.3. The lowest BCUT2D eigenvalue weighted by atomic mass is 10.2.